The second-order valence-corrected chi connectivity index (χ2v) is 3.50. The first-order valence-electron chi connectivity index (χ1n) is 4.54. The summed E-state index contributed by atoms with van der Waals surface area (Å²) < 4.78 is 0. The molecule has 0 radical (unpaired) electrons. The highest BCUT2D eigenvalue weighted by molar-refractivity contribution is 5.84. The molecule has 0 fully saturated rings. The minimum atomic E-state index is 0.361. The number of amidine groups is 1. The summed E-state index contributed by atoms with van der Waals surface area (Å²) in [6, 6.07) is 0.815. The number of nitrogens with one attached hydrogen (secondary N) is 2. The number of hydrogen-bond donors (Lipinski definition) is 2. The number of hydrogen-bond acceptors (Lipinski definition) is 2. The molecule has 0 aliphatic heterocycles. The SMILES string of the molecule is CNCC(=NC(C)C)NC(C)C. The molecule has 0 unspecified atom stereocenters. The molecule has 0 aromatic carbocycles. The summed E-state index contributed by atoms with van der Waals surface area (Å²) in [7, 11) is 1.93. The molecular weight excluding hydrogens is 150 g/mol. The average molecular weight is 171 g/mol. The molecule has 0 rings (SSSR count). The Balaban J connectivity index is 4.03. The first-order chi connectivity index (χ1) is 5.56. The molecule has 3 nitrogen and oxygen atoms in total. The van der Waals surface area contributed by atoms with E-state index in [1.807, 2.05) is 7.05 Å². The van der Waals surface area contributed by atoms with Crippen LogP contribution in [0.15, 0.2) is 4.99 Å². The molecule has 0 aromatic rings. The second-order valence-electron chi connectivity index (χ2n) is 3.50. The fourth-order valence-corrected chi connectivity index (χ4v) is 0.946. The summed E-state index contributed by atoms with van der Waals surface area (Å²) in [5.74, 6) is 1.04. The maximum absolute atomic E-state index is 4.45. The third-order valence-electron chi connectivity index (χ3n) is 1.21. The van der Waals surface area contributed by atoms with Crippen LogP contribution in [0.4, 0.5) is 0 Å². The van der Waals surface area contributed by atoms with Crippen molar-refractivity contribution in [3.63, 3.8) is 0 Å². The van der Waals surface area contributed by atoms with Crippen LogP contribution in [0, 0.1) is 0 Å². The van der Waals surface area contributed by atoms with E-state index in [0.29, 0.717) is 12.1 Å². The van der Waals surface area contributed by atoms with Gasteiger partial charge >= 0.3 is 0 Å². The Kier molecular flexibility index (Phi) is 5.72. The van der Waals surface area contributed by atoms with E-state index < -0.39 is 0 Å². The van der Waals surface area contributed by atoms with E-state index in [1.54, 1.807) is 0 Å². The summed E-state index contributed by atoms with van der Waals surface area (Å²) >= 11 is 0. The van der Waals surface area contributed by atoms with Crippen molar-refractivity contribution in [2.24, 2.45) is 4.99 Å². The topological polar surface area (TPSA) is 36.4 Å². The van der Waals surface area contributed by atoms with Crippen LogP contribution < -0.4 is 10.6 Å². The van der Waals surface area contributed by atoms with Gasteiger partial charge in [0.25, 0.3) is 0 Å². The van der Waals surface area contributed by atoms with Crippen molar-refractivity contribution in [2.45, 2.75) is 39.8 Å². The van der Waals surface area contributed by atoms with Crippen LogP contribution in [0.5, 0.6) is 0 Å². The highest BCUT2D eigenvalue weighted by Crippen LogP contribution is 1.88. The van der Waals surface area contributed by atoms with Crippen molar-refractivity contribution < 1.29 is 0 Å². The lowest BCUT2D eigenvalue weighted by atomic mass is 10.3. The normalized spacial score (nSPS) is 12.8. The van der Waals surface area contributed by atoms with E-state index in [4.69, 9.17) is 0 Å². The molecule has 0 bridgehead atoms. The average Bonchev–Trinajstić information content (AvgIpc) is 1.84. The van der Waals surface area contributed by atoms with Gasteiger partial charge in [-0.2, -0.15) is 0 Å². The van der Waals surface area contributed by atoms with Gasteiger partial charge in [0.05, 0.1) is 6.54 Å². The van der Waals surface area contributed by atoms with Crippen LogP contribution in [0.25, 0.3) is 0 Å². The van der Waals surface area contributed by atoms with Gasteiger partial charge in [0.15, 0.2) is 0 Å². The first-order valence-corrected chi connectivity index (χ1v) is 4.54. The standard InChI is InChI=1S/C9H21N3/c1-7(2)11-9(6-10-5)12-8(3)4/h7-8,10H,6H2,1-5H3,(H,11,12). The van der Waals surface area contributed by atoms with Gasteiger partial charge in [0.1, 0.15) is 5.84 Å². The molecule has 72 valence electrons. The summed E-state index contributed by atoms with van der Waals surface area (Å²) in [6.07, 6.45) is 0. The van der Waals surface area contributed by atoms with Crippen LogP contribution >= 0.6 is 0 Å². The van der Waals surface area contributed by atoms with Crippen LogP contribution in [-0.4, -0.2) is 31.5 Å². The number of nitrogens with zero attached hydrogens (tertiary/aromatic N) is 1. The van der Waals surface area contributed by atoms with Gasteiger partial charge in [0, 0.05) is 12.1 Å². The van der Waals surface area contributed by atoms with Crippen molar-refractivity contribution in [1.29, 1.82) is 0 Å². The largest absolute Gasteiger partial charge is 0.371 e. The van der Waals surface area contributed by atoms with E-state index in [2.05, 4.69) is 43.3 Å². The monoisotopic (exact) mass is 171 g/mol. The molecular formula is C9H21N3. The van der Waals surface area contributed by atoms with Gasteiger partial charge in [-0.25, -0.2) is 0 Å². The van der Waals surface area contributed by atoms with Gasteiger partial charge < -0.3 is 10.6 Å². The quantitative estimate of drug-likeness (QED) is 0.489. The molecule has 0 aliphatic rings. The molecule has 0 aromatic heterocycles. The fourth-order valence-electron chi connectivity index (χ4n) is 0.946. The van der Waals surface area contributed by atoms with Crippen LogP contribution in [-0.2, 0) is 0 Å². The van der Waals surface area contributed by atoms with Crippen LogP contribution in [0.1, 0.15) is 27.7 Å². The van der Waals surface area contributed by atoms with E-state index in [9.17, 15) is 0 Å². The lowest BCUT2D eigenvalue weighted by molar-refractivity contribution is 0.701. The van der Waals surface area contributed by atoms with Crippen LogP contribution in [0.3, 0.4) is 0 Å². The van der Waals surface area contributed by atoms with Gasteiger partial charge in [-0.3, -0.25) is 4.99 Å². The summed E-state index contributed by atoms with van der Waals surface area (Å²) in [6.45, 7) is 9.21. The minimum Gasteiger partial charge on any atom is -0.371 e. The van der Waals surface area contributed by atoms with E-state index in [-0.39, 0.29) is 0 Å². The Morgan fingerprint density at radius 1 is 1.25 bits per heavy atom. The Hall–Kier alpha value is -0.570. The zero-order chi connectivity index (χ0) is 9.56. The molecule has 0 heterocycles. The third-order valence-corrected chi connectivity index (χ3v) is 1.21. The smallest absolute Gasteiger partial charge is 0.111 e. The Bertz CT molecular complexity index is 139. The van der Waals surface area contributed by atoms with Crippen molar-refractivity contribution in [2.75, 3.05) is 13.6 Å². The molecule has 3 heteroatoms. The second kappa shape index (κ2) is 6.00. The molecule has 12 heavy (non-hydrogen) atoms. The molecule has 0 saturated heterocycles. The summed E-state index contributed by atoms with van der Waals surface area (Å²) in [5, 5.41) is 6.38. The van der Waals surface area contributed by atoms with Crippen molar-refractivity contribution >= 4 is 5.84 Å². The molecule has 0 saturated carbocycles. The zero-order valence-electron chi connectivity index (χ0n) is 8.81. The minimum absolute atomic E-state index is 0.361. The predicted octanol–water partition coefficient (Wildman–Crippen LogP) is 1.01. The highest BCUT2D eigenvalue weighted by Gasteiger charge is 2.00. The number of likely N-dealkylation sites (N-methyl/N-ethyl adjacent to an activating group) is 1. The van der Waals surface area contributed by atoms with Gasteiger partial charge in [-0.1, -0.05) is 0 Å². The molecule has 0 aliphatic carbocycles. The van der Waals surface area contributed by atoms with Gasteiger partial charge in [-0.15, -0.1) is 0 Å². The van der Waals surface area contributed by atoms with Crippen LogP contribution in [0.2, 0.25) is 0 Å². The Morgan fingerprint density at radius 2 is 1.83 bits per heavy atom. The van der Waals surface area contributed by atoms with Crippen molar-refractivity contribution in [1.82, 2.24) is 10.6 Å². The Morgan fingerprint density at radius 3 is 2.17 bits per heavy atom. The number of rotatable bonds is 4. The van der Waals surface area contributed by atoms with Gasteiger partial charge in [0.2, 0.25) is 0 Å². The molecule has 0 atom stereocenters. The maximum Gasteiger partial charge on any atom is 0.111 e. The zero-order valence-corrected chi connectivity index (χ0v) is 8.81. The predicted molar refractivity (Wildman–Crippen MR) is 54.8 cm³/mol. The lowest BCUT2D eigenvalue weighted by Gasteiger charge is -2.13. The maximum atomic E-state index is 4.45. The molecule has 0 amide bonds. The van der Waals surface area contributed by atoms with E-state index in [0.717, 1.165) is 12.4 Å². The Labute approximate surface area is 75.7 Å². The van der Waals surface area contributed by atoms with Crippen molar-refractivity contribution in [3.8, 4) is 0 Å². The molecule has 0 spiro atoms. The summed E-state index contributed by atoms with van der Waals surface area (Å²) in [5.41, 5.74) is 0. The molecule has 2 N–H and O–H groups in total. The lowest BCUT2D eigenvalue weighted by Crippen LogP contribution is -2.37. The van der Waals surface area contributed by atoms with Gasteiger partial charge in [-0.05, 0) is 34.7 Å². The number of aliphatic imine (C=N–C) groups is 1. The highest BCUT2D eigenvalue weighted by atomic mass is 15.1. The third kappa shape index (κ3) is 6.16. The fraction of sp³-hybridized carbons (Fsp3) is 0.889. The van der Waals surface area contributed by atoms with E-state index >= 15 is 0 Å². The van der Waals surface area contributed by atoms with Crippen molar-refractivity contribution in [3.05, 3.63) is 0 Å². The first kappa shape index (κ1) is 11.4. The summed E-state index contributed by atoms with van der Waals surface area (Å²) in [4.78, 5) is 4.45. The van der Waals surface area contributed by atoms with E-state index in [1.165, 1.54) is 0 Å².